The van der Waals surface area contributed by atoms with Crippen LogP contribution in [0.3, 0.4) is 0 Å². The van der Waals surface area contributed by atoms with E-state index >= 15 is 0 Å². The van der Waals surface area contributed by atoms with Gasteiger partial charge in [-0.25, -0.2) is 4.39 Å². The highest BCUT2D eigenvalue weighted by atomic mass is 19.1. The van der Waals surface area contributed by atoms with E-state index in [-0.39, 0.29) is 18.5 Å². The summed E-state index contributed by atoms with van der Waals surface area (Å²) in [5.41, 5.74) is 0. The lowest BCUT2D eigenvalue weighted by molar-refractivity contribution is -0.132. The number of alkyl halides is 1. The second-order valence-corrected chi connectivity index (χ2v) is 4.58. The summed E-state index contributed by atoms with van der Waals surface area (Å²) >= 11 is 0. The highest BCUT2D eigenvalue weighted by molar-refractivity contribution is 5.73. The van der Waals surface area contributed by atoms with E-state index < -0.39 is 6.17 Å². The predicted octanol–water partition coefficient (Wildman–Crippen LogP) is 2.07. The molecule has 100 valence electrons. The maximum absolute atomic E-state index is 13.9. The molecule has 0 aromatic rings. The molecule has 0 N–H and O–H groups in total. The Morgan fingerprint density at radius 1 is 1.18 bits per heavy atom. The first-order valence-corrected chi connectivity index (χ1v) is 6.82. The van der Waals surface area contributed by atoms with Gasteiger partial charge in [-0.05, 0) is 32.4 Å². The molecule has 1 amide bonds. The van der Waals surface area contributed by atoms with Gasteiger partial charge in [-0.15, -0.1) is 0 Å². The first-order valence-electron chi connectivity index (χ1n) is 6.82. The number of hydrogen-bond donors (Lipinski definition) is 0. The van der Waals surface area contributed by atoms with Crippen LogP contribution < -0.4 is 0 Å². The van der Waals surface area contributed by atoms with Crippen LogP contribution >= 0.6 is 0 Å². The zero-order valence-corrected chi connectivity index (χ0v) is 11.3. The monoisotopic (exact) mass is 244 g/mol. The molecule has 2 saturated heterocycles. The number of carbonyl (C=O) groups excluding carboxylic acids is 1. The Balaban J connectivity index is 0.000000686. The Bertz CT molecular complexity index is 242. The lowest BCUT2D eigenvalue weighted by Gasteiger charge is -2.38. The third kappa shape index (κ3) is 3.66. The average molecular weight is 244 g/mol. The molecule has 2 aliphatic heterocycles. The van der Waals surface area contributed by atoms with Crippen molar-refractivity contribution in [1.29, 1.82) is 0 Å². The zero-order valence-electron chi connectivity index (χ0n) is 11.3. The van der Waals surface area contributed by atoms with Crippen LogP contribution in [0.1, 0.15) is 40.0 Å². The summed E-state index contributed by atoms with van der Waals surface area (Å²) in [5, 5.41) is 0. The molecule has 4 heteroatoms. The van der Waals surface area contributed by atoms with E-state index in [4.69, 9.17) is 0 Å². The highest BCUT2D eigenvalue weighted by Crippen LogP contribution is 2.23. The predicted molar refractivity (Wildman–Crippen MR) is 67.7 cm³/mol. The van der Waals surface area contributed by atoms with Gasteiger partial charge in [-0.2, -0.15) is 0 Å². The van der Waals surface area contributed by atoms with E-state index in [1.807, 2.05) is 13.8 Å². The van der Waals surface area contributed by atoms with Crippen molar-refractivity contribution in [2.45, 2.75) is 52.2 Å². The van der Waals surface area contributed by atoms with Crippen LogP contribution in [-0.2, 0) is 4.79 Å². The van der Waals surface area contributed by atoms with Crippen LogP contribution in [0.2, 0.25) is 0 Å². The fourth-order valence-electron chi connectivity index (χ4n) is 2.66. The Morgan fingerprint density at radius 2 is 1.76 bits per heavy atom. The lowest BCUT2D eigenvalue weighted by Crippen LogP contribution is -2.52. The van der Waals surface area contributed by atoms with Crippen molar-refractivity contribution in [3.63, 3.8) is 0 Å². The van der Waals surface area contributed by atoms with Crippen molar-refractivity contribution < 1.29 is 9.18 Å². The summed E-state index contributed by atoms with van der Waals surface area (Å²) in [5.74, 6) is -0.00229. The minimum Gasteiger partial charge on any atom is -0.340 e. The first-order chi connectivity index (χ1) is 8.18. The topological polar surface area (TPSA) is 23.6 Å². The number of hydrogen-bond acceptors (Lipinski definition) is 2. The van der Waals surface area contributed by atoms with E-state index in [9.17, 15) is 9.18 Å². The van der Waals surface area contributed by atoms with Crippen LogP contribution in [0.15, 0.2) is 0 Å². The molecule has 0 radical (unpaired) electrons. The molecule has 0 bridgehead atoms. The van der Waals surface area contributed by atoms with Gasteiger partial charge in [0.2, 0.25) is 5.91 Å². The SMILES string of the molecule is CC.CC(=O)N1CCC(N2CCCC2)C(F)C1. The van der Waals surface area contributed by atoms with Gasteiger partial charge in [-0.3, -0.25) is 9.69 Å². The van der Waals surface area contributed by atoms with Crippen LogP contribution in [-0.4, -0.2) is 54.1 Å². The average Bonchev–Trinajstić information content (AvgIpc) is 2.85. The Labute approximate surface area is 104 Å². The van der Waals surface area contributed by atoms with Crippen LogP contribution in [0.5, 0.6) is 0 Å². The summed E-state index contributed by atoms with van der Waals surface area (Å²) in [6.07, 6.45) is 2.32. The molecule has 3 nitrogen and oxygen atoms in total. The summed E-state index contributed by atoms with van der Waals surface area (Å²) < 4.78 is 13.9. The lowest BCUT2D eigenvalue weighted by atomic mass is 10.0. The van der Waals surface area contributed by atoms with Crippen molar-refractivity contribution in [2.24, 2.45) is 0 Å². The van der Waals surface area contributed by atoms with Crippen molar-refractivity contribution in [3.8, 4) is 0 Å². The minimum absolute atomic E-state index is 0.00229. The third-order valence-corrected chi connectivity index (χ3v) is 3.56. The standard InChI is InChI=1S/C11H19FN2O.C2H6/c1-9(15)14-7-4-11(10(12)8-14)13-5-2-3-6-13;1-2/h10-11H,2-8H2,1H3;1-2H3. The second-order valence-electron chi connectivity index (χ2n) is 4.58. The summed E-state index contributed by atoms with van der Waals surface area (Å²) in [6.45, 7) is 8.59. The Morgan fingerprint density at radius 3 is 2.24 bits per heavy atom. The molecular formula is C13H25FN2O. The molecule has 2 unspecified atom stereocenters. The maximum Gasteiger partial charge on any atom is 0.219 e. The summed E-state index contributed by atoms with van der Waals surface area (Å²) in [4.78, 5) is 15.0. The molecule has 2 heterocycles. The number of piperidine rings is 1. The molecule has 0 aromatic carbocycles. The van der Waals surface area contributed by atoms with Gasteiger partial charge >= 0.3 is 0 Å². The number of likely N-dealkylation sites (tertiary alicyclic amines) is 2. The Kier molecular flexibility index (Phi) is 5.89. The van der Waals surface area contributed by atoms with Gasteiger partial charge in [0.05, 0.1) is 6.54 Å². The normalized spacial score (nSPS) is 29.8. The van der Waals surface area contributed by atoms with Crippen molar-refractivity contribution in [2.75, 3.05) is 26.2 Å². The molecule has 2 fully saturated rings. The number of rotatable bonds is 1. The quantitative estimate of drug-likeness (QED) is 0.705. The molecular weight excluding hydrogens is 219 g/mol. The number of amides is 1. The fraction of sp³-hybridized carbons (Fsp3) is 0.923. The number of nitrogens with zero attached hydrogens (tertiary/aromatic N) is 2. The number of halogens is 1. The van der Waals surface area contributed by atoms with Crippen LogP contribution in [0, 0.1) is 0 Å². The third-order valence-electron chi connectivity index (χ3n) is 3.56. The van der Waals surface area contributed by atoms with E-state index in [0.29, 0.717) is 0 Å². The zero-order chi connectivity index (χ0) is 12.8. The smallest absolute Gasteiger partial charge is 0.219 e. The first kappa shape index (κ1) is 14.4. The van der Waals surface area contributed by atoms with Crippen molar-refractivity contribution in [3.05, 3.63) is 0 Å². The largest absolute Gasteiger partial charge is 0.340 e. The molecule has 2 atom stereocenters. The molecule has 0 aromatic heterocycles. The highest BCUT2D eigenvalue weighted by Gasteiger charge is 2.35. The minimum atomic E-state index is -0.860. The van der Waals surface area contributed by atoms with E-state index in [2.05, 4.69) is 4.90 Å². The summed E-state index contributed by atoms with van der Waals surface area (Å²) in [6, 6.07) is 0.0584. The van der Waals surface area contributed by atoms with Crippen LogP contribution in [0.4, 0.5) is 4.39 Å². The summed E-state index contributed by atoms with van der Waals surface area (Å²) in [7, 11) is 0. The van der Waals surface area contributed by atoms with Gasteiger partial charge in [0.25, 0.3) is 0 Å². The van der Waals surface area contributed by atoms with Gasteiger partial charge in [-0.1, -0.05) is 13.8 Å². The number of carbonyl (C=O) groups is 1. The Hall–Kier alpha value is -0.640. The van der Waals surface area contributed by atoms with Gasteiger partial charge in [0.15, 0.2) is 0 Å². The maximum atomic E-state index is 13.9. The molecule has 0 spiro atoms. The second kappa shape index (κ2) is 6.94. The molecule has 2 rings (SSSR count). The van der Waals surface area contributed by atoms with Gasteiger partial charge < -0.3 is 4.90 Å². The molecule has 0 saturated carbocycles. The van der Waals surface area contributed by atoms with Gasteiger partial charge in [0, 0.05) is 19.5 Å². The van der Waals surface area contributed by atoms with Crippen LogP contribution in [0.25, 0.3) is 0 Å². The van der Waals surface area contributed by atoms with Crippen molar-refractivity contribution >= 4 is 5.91 Å². The molecule has 0 aliphatic carbocycles. The molecule has 2 aliphatic rings. The van der Waals surface area contributed by atoms with E-state index in [1.54, 1.807) is 4.90 Å². The molecule has 17 heavy (non-hydrogen) atoms. The van der Waals surface area contributed by atoms with E-state index in [1.165, 1.54) is 19.8 Å². The van der Waals surface area contributed by atoms with Crippen molar-refractivity contribution in [1.82, 2.24) is 9.80 Å². The fourth-order valence-corrected chi connectivity index (χ4v) is 2.66. The van der Waals surface area contributed by atoms with Gasteiger partial charge in [0.1, 0.15) is 6.17 Å². The van der Waals surface area contributed by atoms with E-state index in [0.717, 1.165) is 26.1 Å².